The topological polar surface area (TPSA) is 231 Å². The zero-order valence-electron chi connectivity index (χ0n) is 30.9. The summed E-state index contributed by atoms with van der Waals surface area (Å²) in [6.07, 6.45) is 3.29. The number of carboxylic acids is 1. The number of likely N-dealkylation sites (tertiary alicyclic amines) is 1. The Morgan fingerprint density at radius 2 is 1.92 bits per heavy atom. The van der Waals surface area contributed by atoms with Crippen LogP contribution in [0.4, 0.5) is 4.79 Å². The van der Waals surface area contributed by atoms with Gasteiger partial charge in [0.15, 0.2) is 23.6 Å². The van der Waals surface area contributed by atoms with Crippen LogP contribution < -0.4 is 31.6 Å². The maximum Gasteiger partial charge on any atom is 0.415 e. The number of aliphatic hydroxyl groups is 1. The molecule has 3 amide bonds. The molecule has 1 aromatic carbocycles. The Hall–Kier alpha value is -4.57. The molecule has 1 saturated heterocycles. The number of carbonyl (C=O) groups is 4. The fourth-order valence-electron chi connectivity index (χ4n) is 7.83. The molecular formula is C36H55N7O9. The van der Waals surface area contributed by atoms with E-state index in [9.17, 15) is 24.3 Å². The smallest absolute Gasteiger partial charge is 0.415 e. The summed E-state index contributed by atoms with van der Waals surface area (Å²) in [7, 11) is 3.55. The molecule has 3 aliphatic rings. The highest BCUT2D eigenvalue weighted by Gasteiger charge is 2.69. The average molecular weight is 730 g/mol. The van der Waals surface area contributed by atoms with Gasteiger partial charge in [-0.3, -0.25) is 19.4 Å². The van der Waals surface area contributed by atoms with Gasteiger partial charge in [0.2, 0.25) is 11.8 Å². The van der Waals surface area contributed by atoms with E-state index < -0.39 is 41.1 Å². The van der Waals surface area contributed by atoms with Gasteiger partial charge in [-0.1, -0.05) is 12.5 Å². The third-order valence-corrected chi connectivity index (χ3v) is 10.6. The summed E-state index contributed by atoms with van der Waals surface area (Å²) in [6, 6.07) is 2.71. The molecule has 2 aliphatic heterocycles. The minimum absolute atomic E-state index is 0.0160. The van der Waals surface area contributed by atoms with Gasteiger partial charge in [0.05, 0.1) is 18.1 Å². The SMILES string of the molecule is COc1ccc(C)c2c1O[C@H]1C(OC(=O)N(CCCCCC(=O)O)CCNC(=O)C(CCCN=C(N)N)NC(C)=O)=CC[C@@]3(O)[C@@H](C)N(C)CC[C@]213. The molecule has 2 heterocycles. The number of carboxylic acid groups (broad SMARTS) is 1. The first-order chi connectivity index (χ1) is 24.7. The third kappa shape index (κ3) is 8.55. The number of aliphatic carboxylic acids is 1. The predicted octanol–water partition coefficient (Wildman–Crippen LogP) is 1.50. The Kier molecular flexibility index (Phi) is 13.4. The largest absolute Gasteiger partial charge is 0.493 e. The van der Waals surface area contributed by atoms with E-state index in [-0.39, 0.29) is 56.1 Å². The van der Waals surface area contributed by atoms with Crippen LogP contribution >= 0.6 is 0 Å². The van der Waals surface area contributed by atoms with Crippen LogP contribution in [0.25, 0.3) is 0 Å². The highest BCUT2D eigenvalue weighted by atomic mass is 16.6. The number of likely N-dealkylation sites (N-methyl/N-ethyl adjacent to an activating group) is 1. The van der Waals surface area contributed by atoms with Gasteiger partial charge >= 0.3 is 12.1 Å². The van der Waals surface area contributed by atoms with Crippen LogP contribution in [0.15, 0.2) is 29.0 Å². The highest BCUT2D eigenvalue weighted by molar-refractivity contribution is 5.86. The summed E-state index contributed by atoms with van der Waals surface area (Å²) in [5.74, 6) is -0.420. The molecule has 0 bridgehead atoms. The van der Waals surface area contributed by atoms with Gasteiger partial charge in [0.1, 0.15) is 11.8 Å². The molecule has 52 heavy (non-hydrogen) atoms. The van der Waals surface area contributed by atoms with Crippen molar-refractivity contribution in [2.45, 2.75) is 101 Å². The molecule has 5 atom stereocenters. The summed E-state index contributed by atoms with van der Waals surface area (Å²) >= 11 is 0. The second-order valence-electron chi connectivity index (χ2n) is 14.0. The number of unbranched alkanes of at least 4 members (excludes halogenated alkanes) is 2. The third-order valence-electron chi connectivity index (χ3n) is 10.6. The number of hydrogen-bond donors (Lipinski definition) is 6. The van der Waals surface area contributed by atoms with E-state index in [0.717, 1.165) is 11.1 Å². The zero-order chi connectivity index (χ0) is 38.2. The van der Waals surface area contributed by atoms with E-state index in [1.807, 2.05) is 33.0 Å². The molecule has 1 unspecified atom stereocenters. The monoisotopic (exact) mass is 729 g/mol. The van der Waals surface area contributed by atoms with Crippen LogP contribution in [0.5, 0.6) is 11.5 Å². The van der Waals surface area contributed by atoms with E-state index in [1.54, 1.807) is 13.2 Å². The van der Waals surface area contributed by atoms with Crippen LogP contribution in [0.1, 0.15) is 76.3 Å². The number of guanidine groups is 1. The van der Waals surface area contributed by atoms with Crippen molar-refractivity contribution < 1.29 is 43.6 Å². The normalized spacial score (nSPS) is 23.8. The Morgan fingerprint density at radius 3 is 2.60 bits per heavy atom. The summed E-state index contributed by atoms with van der Waals surface area (Å²) < 4.78 is 18.5. The summed E-state index contributed by atoms with van der Waals surface area (Å²) in [4.78, 5) is 57.5. The van der Waals surface area contributed by atoms with E-state index in [4.69, 9.17) is 30.8 Å². The first-order valence-electron chi connectivity index (χ1n) is 17.9. The lowest BCUT2D eigenvalue weighted by molar-refractivity contribution is -0.153. The summed E-state index contributed by atoms with van der Waals surface area (Å²) in [5, 5.41) is 27.1. The van der Waals surface area contributed by atoms with Gasteiger partial charge in [-0.15, -0.1) is 0 Å². The average Bonchev–Trinajstić information content (AvgIpc) is 3.45. The van der Waals surface area contributed by atoms with E-state index in [2.05, 4.69) is 20.5 Å². The molecule has 1 fully saturated rings. The second kappa shape index (κ2) is 17.3. The number of hydrogen-bond acceptors (Lipinski definition) is 10. The lowest BCUT2D eigenvalue weighted by Gasteiger charge is -2.58. The molecule has 0 radical (unpaired) electrons. The Bertz CT molecular complexity index is 1550. The number of nitrogens with two attached hydrogens (primary N) is 2. The number of nitrogens with one attached hydrogen (secondary N) is 2. The maximum absolute atomic E-state index is 14.0. The van der Waals surface area contributed by atoms with Crippen molar-refractivity contribution >= 4 is 29.8 Å². The highest BCUT2D eigenvalue weighted by Crippen LogP contribution is 2.62. The van der Waals surface area contributed by atoms with Crippen LogP contribution in [-0.4, -0.2) is 121 Å². The minimum atomic E-state index is -1.25. The fourth-order valence-corrected chi connectivity index (χ4v) is 7.83. The number of nitrogens with zero attached hydrogens (tertiary/aromatic N) is 3. The number of carbonyl (C=O) groups excluding carboxylic acids is 3. The number of rotatable bonds is 17. The van der Waals surface area contributed by atoms with Crippen LogP contribution in [-0.2, 0) is 24.5 Å². The number of methoxy groups -OCH3 is 1. The molecule has 4 rings (SSSR count). The Balaban J connectivity index is 1.54. The zero-order valence-corrected chi connectivity index (χ0v) is 30.9. The van der Waals surface area contributed by atoms with Gasteiger partial charge in [-0.25, -0.2) is 4.79 Å². The first kappa shape index (κ1) is 40.2. The molecular weight excluding hydrogens is 674 g/mol. The van der Waals surface area contributed by atoms with Crippen LogP contribution in [0.3, 0.4) is 0 Å². The van der Waals surface area contributed by atoms with Crippen molar-refractivity contribution in [1.82, 2.24) is 20.4 Å². The molecule has 16 nitrogen and oxygen atoms in total. The van der Waals surface area contributed by atoms with Gasteiger partial charge in [0.25, 0.3) is 0 Å². The van der Waals surface area contributed by atoms with Gasteiger partial charge in [0, 0.05) is 57.5 Å². The van der Waals surface area contributed by atoms with Gasteiger partial charge in [-0.2, -0.15) is 0 Å². The van der Waals surface area contributed by atoms with Crippen molar-refractivity contribution in [1.29, 1.82) is 0 Å². The first-order valence-corrected chi connectivity index (χ1v) is 17.9. The van der Waals surface area contributed by atoms with E-state index in [1.165, 1.54) is 11.8 Å². The predicted molar refractivity (Wildman–Crippen MR) is 193 cm³/mol. The molecule has 1 aromatic rings. The number of benzene rings is 1. The second-order valence-corrected chi connectivity index (χ2v) is 14.0. The van der Waals surface area contributed by atoms with Crippen molar-refractivity contribution in [3.63, 3.8) is 0 Å². The summed E-state index contributed by atoms with van der Waals surface area (Å²) in [5.41, 5.74) is 10.4. The van der Waals surface area contributed by atoms with Crippen molar-refractivity contribution in [3.05, 3.63) is 35.1 Å². The van der Waals surface area contributed by atoms with Crippen molar-refractivity contribution in [2.24, 2.45) is 16.5 Å². The number of aliphatic imine (C=N–C) groups is 1. The number of piperidine rings is 1. The Morgan fingerprint density at radius 1 is 1.17 bits per heavy atom. The molecule has 0 saturated carbocycles. The Labute approximate surface area is 304 Å². The standard InChI is InChI=1S/C36H55N7O9/c1-22-12-13-26(50-5)30-29(22)35-16-20-42(4)23(2)36(35,49)15-14-27(31(35)52-30)51-34(48)43(19-8-6-7-11-28(45)46)21-18-39-32(47)25(41-24(3)44)10-9-17-40-33(37)38/h12-14,23,25,31,49H,6-11,15-21H2,1-5H3,(H,39,47)(H,41,44)(H,45,46)(H4,37,38,40)/t23-,25?,31+,35+,36-/m1/s1. The van der Waals surface area contributed by atoms with Crippen molar-refractivity contribution in [3.8, 4) is 11.5 Å². The van der Waals surface area contributed by atoms with E-state index in [0.29, 0.717) is 63.1 Å². The lowest BCUT2D eigenvalue weighted by Crippen LogP contribution is -2.71. The molecule has 288 valence electrons. The molecule has 0 aromatic heterocycles. The summed E-state index contributed by atoms with van der Waals surface area (Å²) in [6.45, 7) is 6.64. The quantitative estimate of drug-likeness (QED) is 0.0761. The number of aryl methyl sites for hydroxylation is 1. The number of ether oxygens (including phenoxy) is 3. The van der Waals surface area contributed by atoms with Crippen LogP contribution in [0, 0.1) is 6.92 Å². The minimum Gasteiger partial charge on any atom is -0.493 e. The van der Waals surface area contributed by atoms with Gasteiger partial charge < -0.3 is 56.3 Å². The van der Waals surface area contributed by atoms with Crippen molar-refractivity contribution in [2.75, 3.05) is 46.9 Å². The molecule has 1 spiro atoms. The fraction of sp³-hybridized carbons (Fsp3) is 0.639. The maximum atomic E-state index is 14.0. The van der Waals surface area contributed by atoms with Crippen LogP contribution in [0.2, 0.25) is 0 Å². The molecule has 1 aliphatic carbocycles. The van der Waals surface area contributed by atoms with Gasteiger partial charge in [-0.05, 0) is 77.2 Å². The molecule has 8 N–H and O–H groups in total. The van der Waals surface area contributed by atoms with E-state index >= 15 is 0 Å². The number of amides is 3. The lowest BCUT2D eigenvalue weighted by atomic mass is 9.54. The number of fused-ring (bicyclic) bond motifs is 1. The molecule has 16 heteroatoms.